The maximum Gasteiger partial charge on any atom is 0.417 e. The van der Waals surface area contributed by atoms with E-state index in [-0.39, 0.29) is 12.1 Å². The first-order chi connectivity index (χ1) is 10.9. The van der Waals surface area contributed by atoms with Crippen LogP contribution in [0.5, 0.6) is 0 Å². The second kappa shape index (κ2) is 5.69. The van der Waals surface area contributed by atoms with E-state index < -0.39 is 51.6 Å². The molecule has 0 saturated carbocycles. The summed E-state index contributed by atoms with van der Waals surface area (Å²) in [5.41, 5.74) is -6.72. The van der Waals surface area contributed by atoms with Crippen molar-refractivity contribution < 1.29 is 40.7 Å². The predicted molar refractivity (Wildman–Crippen MR) is 69.2 cm³/mol. The molecule has 2 aromatic rings. The minimum Gasteiger partial charge on any atom is -0.478 e. The van der Waals surface area contributed by atoms with Gasteiger partial charge in [-0.2, -0.15) is 26.3 Å². The smallest absolute Gasteiger partial charge is 0.417 e. The summed E-state index contributed by atoms with van der Waals surface area (Å²) in [6, 6.07) is 2.52. The standard InChI is InChI=1S/C14H6F6O4/c15-13(16,17)8(4-10(21)22)6-2-1-3-7-9(14(18,19)20)5-11(23)24-12(6)7/h1-5H,(H,21,22)/b8-4+. The summed E-state index contributed by atoms with van der Waals surface area (Å²) in [6.07, 6.45) is -10.4. The molecule has 1 heterocycles. The number of carbonyl (C=O) groups is 1. The molecule has 128 valence electrons. The van der Waals surface area contributed by atoms with Gasteiger partial charge in [-0.3, -0.25) is 0 Å². The number of para-hydroxylation sites is 1. The van der Waals surface area contributed by atoms with Crippen molar-refractivity contribution >= 4 is 22.5 Å². The Bertz CT molecular complexity index is 889. The number of carboxylic acid groups (broad SMARTS) is 1. The summed E-state index contributed by atoms with van der Waals surface area (Å²) in [6.45, 7) is 0. The van der Waals surface area contributed by atoms with E-state index in [1.807, 2.05) is 0 Å². The second-order valence-corrected chi connectivity index (χ2v) is 4.55. The van der Waals surface area contributed by atoms with Crippen LogP contribution in [0.3, 0.4) is 0 Å². The molecule has 0 aliphatic heterocycles. The molecule has 0 aliphatic carbocycles. The van der Waals surface area contributed by atoms with Crippen LogP contribution in [0, 0.1) is 0 Å². The Morgan fingerprint density at radius 3 is 2.25 bits per heavy atom. The average Bonchev–Trinajstić information content (AvgIpc) is 2.41. The minimum atomic E-state index is -5.19. The Hall–Kier alpha value is -2.78. The second-order valence-electron chi connectivity index (χ2n) is 4.55. The summed E-state index contributed by atoms with van der Waals surface area (Å²) >= 11 is 0. The van der Waals surface area contributed by atoms with Crippen LogP contribution >= 0.6 is 0 Å². The SMILES string of the molecule is O=C(O)/C=C(\c1cccc2c(C(F)(F)F)cc(=O)oc12)C(F)(F)F. The van der Waals surface area contributed by atoms with Crippen LogP contribution in [-0.2, 0) is 11.0 Å². The molecule has 0 aliphatic rings. The lowest BCUT2D eigenvalue weighted by molar-refractivity contribution is -0.136. The van der Waals surface area contributed by atoms with Crippen molar-refractivity contribution in [1.29, 1.82) is 0 Å². The highest BCUT2D eigenvalue weighted by Crippen LogP contribution is 2.40. The van der Waals surface area contributed by atoms with Gasteiger partial charge in [0, 0.05) is 23.1 Å². The van der Waals surface area contributed by atoms with E-state index >= 15 is 0 Å². The molecule has 0 atom stereocenters. The van der Waals surface area contributed by atoms with Gasteiger partial charge in [0.05, 0.1) is 11.1 Å². The number of rotatable bonds is 2. The quantitative estimate of drug-likeness (QED) is 0.507. The number of alkyl halides is 6. The topological polar surface area (TPSA) is 67.5 Å². The summed E-state index contributed by atoms with van der Waals surface area (Å²) in [5, 5.41) is 7.78. The highest BCUT2D eigenvalue weighted by Gasteiger charge is 2.39. The van der Waals surface area contributed by atoms with Gasteiger partial charge in [0.25, 0.3) is 0 Å². The Labute approximate surface area is 128 Å². The monoisotopic (exact) mass is 352 g/mol. The van der Waals surface area contributed by atoms with Crippen LogP contribution in [0.2, 0.25) is 0 Å². The van der Waals surface area contributed by atoms with Gasteiger partial charge in [0.1, 0.15) is 5.58 Å². The third kappa shape index (κ3) is 3.42. The largest absolute Gasteiger partial charge is 0.478 e. The number of hydrogen-bond acceptors (Lipinski definition) is 3. The van der Waals surface area contributed by atoms with E-state index in [0.717, 1.165) is 12.1 Å². The zero-order valence-electron chi connectivity index (χ0n) is 11.3. The lowest BCUT2D eigenvalue weighted by Crippen LogP contribution is -2.15. The van der Waals surface area contributed by atoms with Gasteiger partial charge in [0.2, 0.25) is 0 Å². The van der Waals surface area contributed by atoms with Crippen molar-refractivity contribution in [1.82, 2.24) is 0 Å². The van der Waals surface area contributed by atoms with Crippen LogP contribution in [0.25, 0.3) is 16.5 Å². The van der Waals surface area contributed by atoms with Crippen molar-refractivity contribution in [2.75, 3.05) is 0 Å². The Balaban J connectivity index is 2.94. The summed E-state index contributed by atoms with van der Waals surface area (Å²) in [4.78, 5) is 21.9. The molecule has 0 radical (unpaired) electrons. The molecule has 0 amide bonds. The summed E-state index contributed by atoms with van der Waals surface area (Å²) < 4.78 is 82.6. The molecule has 1 aromatic carbocycles. The zero-order chi connectivity index (χ0) is 18.3. The number of benzene rings is 1. The molecule has 10 heteroatoms. The highest BCUT2D eigenvalue weighted by molar-refractivity contribution is 5.98. The molecule has 0 unspecified atom stereocenters. The zero-order valence-corrected chi connectivity index (χ0v) is 11.3. The van der Waals surface area contributed by atoms with E-state index in [1.54, 1.807) is 0 Å². The molecule has 2 rings (SSSR count). The maximum absolute atomic E-state index is 13.1. The average molecular weight is 352 g/mol. The lowest BCUT2D eigenvalue weighted by Gasteiger charge is -2.14. The van der Waals surface area contributed by atoms with E-state index in [9.17, 15) is 35.9 Å². The van der Waals surface area contributed by atoms with Gasteiger partial charge in [-0.15, -0.1) is 0 Å². The van der Waals surface area contributed by atoms with Gasteiger partial charge >= 0.3 is 23.9 Å². The Morgan fingerprint density at radius 1 is 1.12 bits per heavy atom. The molecule has 0 bridgehead atoms. The van der Waals surface area contributed by atoms with Crippen LogP contribution in [0.15, 0.2) is 39.6 Å². The fraction of sp³-hybridized carbons (Fsp3) is 0.143. The molecular weight excluding hydrogens is 346 g/mol. The van der Waals surface area contributed by atoms with Crippen LogP contribution in [0.1, 0.15) is 11.1 Å². The number of fused-ring (bicyclic) bond motifs is 1. The van der Waals surface area contributed by atoms with E-state index in [4.69, 9.17) is 5.11 Å². The van der Waals surface area contributed by atoms with E-state index in [1.165, 1.54) is 0 Å². The molecule has 0 saturated heterocycles. The number of carboxylic acids is 1. The third-order valence-corrected chi connectivity index (χ3v) is 2.94. The number of allylic oxidation sites excluding steroid dienone is 1. The minimum absolute atomic E-state index is 0.111. The van der Waals surface area contributed by atoms with Gasteiger partial charge in [-0.1, -0.05) is 18.2 Å². The van der Waals surface area contributed by atoms with E-state index in [2.05, 4.69) is 4.42 Å². The fourth-order valence-corrected chi connectivity index (χ4v) is 2.07. The van der Waals surface area contributed by atoms with Crippen molar-refractivity contribution in [3.05, 3.63) is 51.9 Å². The van der Waals surface area contributed by atoms with Crippen LogP contribution < -0.4 is 5.63 Å². The Kier molecular flexibility index (Phi) is 4.17. The molecule has 4 nitrogen and oxygen atoms in total. The predicted octanol–water partition coefficient (Wildman–Crippen LogP) is 3.84. The van der Waals surface area contributed by atoms with Crippen molar-refractivity contribution in [2.45, 2.75) is 12.4 Å². The van der Waals surface area contributed by atoms with Gasteiger partial charge in [0.15, 0.2) is 0 Å². The molecule has 0 spiro atoms. The van der Waals surface area contributed by atoms with Crippen molar-refractivity contribution in [3.63, 3.8) is 0 Å². The van der Waals surface area contributed by atoms with Crippen LogP contribution in [-0.4, -0.2) is 17.3 Å². The molecular formula is C14H6F6O4. The van der Waals surface area contributed by atoms with Gasteiger partial charge < -0.3 is 9.52 Å². The molecule has 1 N–H and O–H groups in total. The molecule has 24 heavy (non-hydrogen) atoms. The normalized spacial score (nSPS) is 13.3. The van der Waals surface area contributed by atoms with Gasteiger partial charge in [-0.25, -0.2) is 9.59 Å². The fourth-order valence-electron chi connectivity index (χ4n) is 2.07. The van der Waals surface area contributed by atoms with Gasteiger partial charge in [-0.05, 0) is 0 Å². The van der Waals surface area contributed by atoms with Crippen molar-refractivity contribution in [3.8, 4) is 0 Å². The molecule has 0 fully saturated rings. The summed E-state index contributed by atoms with van der Waals surface area (Å²) in [7, 11) is 0. The van der Waals surface area contributed by atoms with Crippen LogP contribution in [0.4, 0.5) is 26.3 Å². The highest BCUT2D eigenvalue weighted by atomic mass is 19.4. The number of halogens is 6. The molecule has 1 aromatic heterocycles. The first-order valence-electron chi connectivity index (χ1n) is 6.07. The van der Waals surface area contributed by atoms with Crippen molar-refractivity contribution in [2.24, 2.45) is 0 Å². The Morgan fingerprint density at radius 2 is 1.75 bits per heavy atom. The first kappa shape index (κ1) is 17.6. The third-order valence-electron chi connectivity index (χ3n) is 2.94. The first-order valence-corrected chi connectivity index (χ1v) is 6.07. The maximum atomic E-state index is 13.1. The lowest BCUT2D eigenvalue weighted by atomic mass is 9.99. The van der Waals surface area contributed by atoms with E-state index in [0.29, 0.717) is 6.07 Å². The summed E-state index contributed by atoms with van der Waals surface area (Å²) in [5.74, 6) is -1.96. The number of hydrogen-bond donors (Lipinski definition) is 1. The number of aliphatic carboxylic acids is 1.